The second-order valence-corrected chi connectivity index (χ2v) is 12.2. The molecule has 208 valence electrons. The van der Waals surface area contributed by atoms with Crippen LogP contribution in [0.25, 0.3) is 10.4 Å². The third kappa shape index (κ3) is 7.01. The molecule has 0 radical (unpaired) electrons. The van der Waals surface area contributed by atoms with Gasteiger partial charge in [0.05, 0.1) is 17.2 Å². The highest BCUT2D eigenvalue weighted by Crippen LogP contribution is 2.40. The van der Waals surface area contributed by atoms with Gasteiger partial charge in [-0.1, -0.05) is 48.3 Å². The van der Waals surface area contributed by atoms with E-state index in [0.29, 0.717) is 25.6 Å². The van der Waals surface area contributed by atoms with Crippen LogP contribution < -0.4 is 0 Å². The van der Waals surface area contributed by atoms with Crippen LogP contribution in [0, 0.1) is 0 Å². The molecule has 0 aliphatic carbocycles. The van der Waals surface area contributed by atoms with Gasteiger partial charge >= 0.3 is 19.2 Å². The molecule has 1 amide bonds. The van der Waals surface area contributed by atoms with Gasteiger partial charge in [0.15, 0.2) is 0 Å². The molecule has 1 aromatic rings. The van der Waals surface area contributed by atoms with Gasteiger partial charge in [-0.2, -0.15) is 0 Å². The Morgan fingerprint density at radius 1 is 1.13 bits per heavy atom. The third-order valence-corrected chi connectivity index (χ3v) is 7.49. The lowest BCUT2D eigenvalue weighted by molar-refractivity contribution is -0.158. The van der Waals surface area contributed by atoms with Gasteiger partial charge in [0, 0.05) is 11.5 Å². The molecule has 2 atom stereocenters. The van der Waals surface area contributed by atoms with Crippen LogP contribution in [0.2, 0.25) is 6.32 Å². The molecule has 3 rings (SSSR count). The second kappa shape index (κ2) is 11.6. The summed E-state index contributed by atoms with van der Waals surface area (Å²) in [4.78, 5) is 31.4. The molecule has 2 saturated heterocycles. The summed E-state index contributed by atoms with van der Waals surface area (Å²) in [6, 6.07) is 8.80. The summed E-state index contributed by atoms with van der Waals surface area (Å²) in [5, 5.41) is 3.86. The lowest BCUT2D eigenvalue weighted by Gasteiger charge is -2.37. The molecular formula is C27H41BN4O6. The average molecular weight is 528 g/mol. The summed E-state index contributed by atoms with van der Waals surface area (Å²) >= 11 is 0. The Balaban J connectivity index is 1.79. The molecule has 2 aliphatic rings. The average Bonchev–Trinajstić information content (AvgIpc) is 3.28. The smallest absolute Gasteiger partial charge is 0.457 e. The highest BCUT2D eigenvalue weighted by Gasteiger charge is 2.55. The van der Waals surface area contributed by atoms with Gasteiger partial charge in [-0.3, -0.25) is 4.90 Å². The summed E-state index contributed by atoms with van der Waals surface area (Å²) in [7, 11) is -0.345. The predicted octanol–water partition coefficient (Wildman–Crippen LogP) is 6.05. The minimum Gasteiger partial charge on any atom is -0.459 e. The number of ether oxygens (including phenoxy) is 2. The normalized spacial score (nSPS) is 24.1. The van der Waals surface area contributed by atoms with Crippen molar-refractivity contribution in [2.24, 2.45) is 5.11 Å². The lowest BCUT2D eigenvalue weighted by Crippen LogP contribution is -2.55. The Kier molecular flexibility index (Phi) is 9.06. The number of benzene rings is 1. The Morgan fingerprint density at radius 2 is 1.76 bits per heavy atom. The summed E-state index contributed by atoms with van der Waals surface area (Å²) in [6.45, 7) is 13.5. The van der Waals surface area contributed by atoms with E-state index in [1.54, 1.807) is 20.8 Å². The van der Waals surface area contributed by atoms with Crippen LogP contribution in [0.5, 0.6) is 0 Å². The maximum absolute atomic E-state index is 13.7. The molecule has 1 unspecified atom stereocenters. The first kappa shape index (κ1) is 29.8. The Labute approximate surface area is 226 Å². The van der Waals surface area contributed by atoms with Crippen LogP contribution in [-0.2, 0) is 30.2 Å². The van der Waals surface area contributed by atoms with Gasteiger partial charge < -0.3 is 18.8 Å². The number of azide groups is 1. The maximum atomic E-state index is 13.7. The van der Waals surface area contributed by atoms with Crippen LogP contribution in [0.3, 0.4) is 0 Å². The highest BCUT2D eigenvalue weighted by molar-refractivity contribution is 6.45. The van der Waals surface area contributed by atoms with Crippen molar-refractivity contribution in [2.75, 3.05) is 6.54 Å². The molecule has 1 aromatic carbocycles. The fourth-order valence-corrected chi connectivity index (χ4v) is 4.87. The molecule has 0 N–H and O–H groups in total. The van der Waals surface area contributed by atoms with Gasteiger partial charge in [0.25, 0.3) is 0 Å². The number of esters is 1. The summed E-state index contributed by atoms with van der Waals surface area (Å²) in [5.41, 5.74) is 7.03. The van der Waals surface area contributed by atoms with Crippen LogP contribution >= 0.6 is 0 Å². The Hall–Kier alpha value is -2.75. The zero-order valence-electron chi connectivity index (χ0n) is 23.7. The fraction of sp³-hybridized carbons (Fsp3) is 0.704. The van der Waals surface area contributed by atoms with Crippen LogP contribution in [0.4, 0.5) is 4.79 Å². The number of unbranched alkanes of at least 4 members (excludes halogenated alkanes) is 1. The molecule has 2 aliphatic heterocycles. The van der Waals surface area contributed by atoms with Crippen molar-refractivity contribution >= 4 is 19.2 Å². The third-order valence-electron chi connectivity index (χ3n) is 7.49. The first-order valence-corrected chi connectivity index (χ1v) is 13.3. The van der Waals surface area contributed by atoms with Crippen molar-refractivity contribution in [2.45, 2.75) is 115 Å². The Morgan fingerprint density at radius 3 is 2.34 bits per heavy atom. The molecular weight excluding hydrogens is 487 g/mol. The fourth-order valence-electron chi connectivity index (χ4n) is 4.87. The van der Waals surface area contributed by atoms with E-state index in [9.17, 15) is 9.59 Å². The number of amides is 1. The minimum atomic E-state index is -1.31. The van der Waals surface area contributed by atoms with Crippen molar-refractivity contribution in [3.63, 3.8) is 0 Å². The number of rotatable bonds is 9. The van der Waals surface area contributed by atoms with E-state index in [-0.39, 0.29) is 26.7 Å². The Bertz CT molecular complexity index is 1020. The molecule has 0 bridgehead atoms. The van der Waals surface area contributed by atoms with Crippen molar-refractivity contribution in [1.82, 2.24) is 4.90 Å². The standard InChI is InChI=1S/C27H41BN4O6/c1-24(2,3)36-23(34)32-18-21(30-31-29)17-27(32,22(33)35-19-20-13-9-8-10-14-20)15-11-12-16-28-37-25(4,5)26(6,7)38-28/h8-10,13-14,21H,11-12,15-19H2,1-7H3/t21?,27-/m1/s1. The van der Waals surface area contributed by atoms with E-state index in [0.717, 1.165) is 5.56 Å². The molecule has 2 heterocycles. The van der Waals surface area contributed by atoms with E-state index >= 15 is 0 Å². The quantitative estimate of drug-likeness (QED) is 0.0960. The van der Waals surface area contributed by atoms with E-state index < -0.39 is 40.4 Å². The van der Waals surface area contributed by atoms with Gasteiger partial charge in [0.2, 0.25) is 0 Å². The number of carbonyl (C=O) groups is 2. The maximum Gasteiger partial charge on any atom is 0.457 e. The summed E-state index contributed by atoms with van der Waals surface area (Å²) in [5.74, 6) is -0.529. The van der Waals surface area contributed by atoms with E-state index in [4.69, 9.17) is 24.3 Å². The summed E-state index contributed by atoms with van der Waals surface area (Å²) in [6.07, 6.45) is 1.83. The summed E-state index contributed by atoms with van der Waals surface area (Å²) < 4.78 is 23.6. The zero-order valence-corrected chi connectivity index (χ0v) is 23.7. The molecule has 38 heavy (non-hydrogen) atoms. The van der Waals surface area contributed by atoms with E-state index in [1.165, 1.54) is 4.90 Å². The predicted molar refractivity (Wildman–Crippen MR) is 144 cm³/mol. The van der Waals surface area contributed by atoms with E-state index in [1.807, 2.05) is 58.0 Å². The number of carbonyl (C=O) groups excluding carboxylic acids is 2. The number of nitrogens with zero attached hydrogens (tertiary/aromatic N) is 4. The first-order chi connectivity index (χ1) is 17.7. The van der Waals surface area contributed by atoms with Gasteiger partial charge in [-0.05, 0) is 78.7 Å². The van der Waals surface area contributed by atoms with Crippen LogP contribution in [-0.4, -0.2) is 59.0 Å². The van der Waals surface area contributed by atoms with Gasteiger partial charge in [-0.25, -0.2) is 9.59 Å². The van der Waals surface area contributed by atoms with Gasteiger partial charge in [0.1, 0.15) is 17.7 Å². The molecule has 0 aromatic heterocycles. The van der Waals surface area contributed by atoms with Crippen molar-refractivity contribution in [3.05, 3.63) is 46.3 Å². The van der Waals surface area contributed by atoms with Crippen molar-refractivity contribution < 1.29 is 28.4 Å². The van der Waals surface area contributed by atoms with Crippen molar-refractivity contribution in [3.8, 4) is 0 Å². The largest absolute Gasteiger partial charge is 0.459 e. The molecule has 0 saturated carbocycles. The van der Waals surface area contributed by atoms with Crippen LogP contribution in [0.15, 0.2) is 35.4 Å². The minimum absolute atomic E-state index is 0.0731. The molecule has 10 nitrogen and oxygen atoms in total. The zero-order chi connectivity index (χ0) is 28.2. The molecule has 11 heteroatoms. The monoisotopic (exact) mass is 528 g/mol. The van der Waals surface area contributed by atoms with Crippen LogP contribution in [0.1, 0.15) is 79.7 Å². The number of hydrogen-bond donors (Lipinski definition) is 0. The number of likely N-dealkylation sites (tertiary alicyclic amines) is 1. The molecule has 2 fully saturated rings. The SMILES string of the molecule is CC(C)(C)OC(=O)N1CC(N=[N+]=[N-])C[C@]1(CCCCB1OC(C)(C)C(C)(C)O1)C(=O)OCc1ccccc1. The van der Waals surface area contributed by atoms with Gasteiger partial charge in [-0.15, -0.1) is 0 Å². The molecule has 0 spiro atoms. The van der Waals surface area contributed by atoms with Crippen molar-refractivity contribution in [1.29, 1.82) is 0 Å². The highest BCUT2D eigenvalue weighted by atomic mass is 16.7. The first-order valence-electron chi connectivity index (χ1n) is 13.3. The topological polar surface area (TPSA) is 123 Å². The second-order valence-electron chi connectivity index (χ2n) is 12.2. The number of hydrogen-bond acceptors (Lipinski definition) is 7. The lowest BCUT2D eigenvalue weighted by atomic mass is 9.80. The van der Waals surface area contributed by atoms with E-state index in [2.05, 4.69) is 10.0 Å².